The first-order chi connectivity index (χ1) is 13.6. The standard InChI is InChI=1S/C21H23ClN4O2.ClH/c22-15-7-9-16(10-8-15)28-13-20-24-17-3-1-2-4-19(17)26(20)12-21(27)25-18(11-23)14-5-6-14;/h1-4,7-10,14,18H,5-6,11-13,23H2,(H,25,27);1H. The van der Waals surface area contributed by atoms with Crippen LogP contribution in [0.2, 0.25) is 5.02 Å². The molecule has 0 saturated heterocycles. The minimum Gasteiger partial charge on any atom is -0.486 e. The minimum absolute atomic E-state index is 0. The van der Waals surface area contributed by atoms with E-state index in [0.29, 0.717) is 29.1 Å². The molecule has 1 fully saturated rings. The molecule has 1 heterocycles. The lowest BCUT2D eigenvalue weighted by Crippen LogP contribution is -2.43. The van der Waals surface area contributed by atoms with Crippen LogP contribution in [0.15, 0.2) is 48.5 Å². The van der Waals surface area contributed by atoms with Crippen LogP contribution in [0.25, 0.3) is 11.0 Å². The molecule has 6 nitrogen and oxygen atoms in total. The molecule has 0 bridgehead atoms. The first kappa shape index (κ1) is 21.4. The van der Waals surface area contributed by atoms with Crippen LogP contribution in [0.4, 0.5) is 0 Å². The van der Waals surface area contributed by atoms with Gasteiger partial charge >= 0.3 is 0 Å². The molecule has 1 atom stereocenters. The van der Waals surface area contributed by atoms with E-state index in [-0.39, 0.29) is 37.5 Å². The smallest absolute Gasteiger partial charge is 0.240 e. The Morgan fingerprint density at radius 1 is 1.24 bits per heavy atom. The Hall–Kier alpha value is -2.28. The maximum absolute atomic E-state index is 12.6. The third-order valence-corrected chi connectivity index (χ3v) is 5.26. The molecule has 29 heavy (non-hydrogen) atoms. The summed E-state index contributed by atoms with van der Waals surface area (Å²) in [6.45, 7) is 0.906. The number of amides is 1. The highest BCUT2D eigenvalue weighted by atomic mass is 35.5. The van der Waals surface area contributed by atoms with Gasteiger partial charge in [0.15, 0.2) is 0 Å². The van der Waals surface area contributed by atoms with Crippen LogP contribution in [-0.2, 0) is 17.9 Å². The lowest BCUT2D eigenvalue weighted by Gasteiger charge is -2.17. The molecule has 1 saturated carbocycles. The summed E-state index contributed by atoms with van der Waals surface area (Å²) in [6.07, 6.45) is 2.27. The van der Waals surface area contributed by atoms with Gasteiger partial charge in [-0.05, 0) is 55.2 Å². The van der Waals surface area contributed by atoms with E-state index in [1.807, 2.05) is 41.0 Å². The van der Waals surface area contributed by atoms with Gasteiger partial charge in [0, 0.05) is 17.6 Å². The van der Waals surface area contributed by atoms with Crippen molar-refractivity contribution in [2.75, 3.05) is 6.54 Å². The summed E-state index contributed by atoms with van der Waals surface area (Å²) in [5.74, 6) is 1.85. The molecule has 1 aliphatic carbocycles. The molecule has 3 aromatic rings. The summed E-state index contributed by atoms with van der Waals surface area (Å²) in [7, 11) is 0. The van der Waals surface area contributed by atoms with Crippen LogP contribution in [0, 0.1) is 5.92 Å². The van der Waals surface area contributed by atoms with Crippen LogP contribution in [0.1, 0.15) is 18.7 Å². The van der Waals surface area contributed by atoms with E-state index in [1.165, 1.54) is 0 Å². The number of benzene rings is 2. The van der Waals surface area contributed by atoms with Crippen LogP contribution in [0.5, 0.6) is 5.75 Å². The molecule has 4 rings (SSSR count). The van der Waals surface area contributed by atoms with Crippen molar-refractivity contribution in [2.24, 2.45) is 11.7 Å². The summed E-state index contributed by atoms with van der Waals surface area (Å²) in [5.41, 5.74) is 7.56. The van der Waals surface area contributed by atoms with E-state index in [1.54, 1.807) is 12.1 Å². The Morgan fingerprint density at radius 2 is 1.97 bits per heavy atom. The van der Waals surface area contributed by atoms with Crippen molar-refractivity contribution < 1.29 is 9.53 Å². The number of para-hydroxylation sites is 2. The van der Waals surface area contributed by atoms with E-state index < -0.39 is 0 Å². The molecule has 0 radical (unpaired) electrons. The third-order valence-electron chi connectivity index (χ3n) is 5.01. The van der Waals surface area contributed by atoms with Crippen molar-refractivity contribution in [3.63, 3.8) is 0 Å². The monoisotopic (exact) mass is 434 g/mol. The number of rotatable bonds is 8. The van der Waals surface area contributed by atoms with Gasteiger partial charge in [-0.1, -0.05) is 23.7 Å². The minimum atomic E-state index is -0.0572. The Balaban J connectivity index is 0.00000240. The molecule has 0 aliphatic heterocycles. The molecule has 1 aromatic heterocycles. The molecule has 1 amide bonds. The van der Waals surface area contributed by atoms with Crippen LogP contribution < -0.4 is 15.8 Å². The number of carbonyl (C=O) groups excluding carboxylic acids is 1. The summed E-state index contributed by atoms with van der Waals surface area (Å²) in [4.78, 5) is 17.3. The fourth-order valence-electron chi connectivity index (χ4n) is 3.35. The molecule has 2 aromatic carbocycles. The van der Waals surface area contributed by atoms with Gasteiger partial charge in [-0.25, -0.2) is 4.98 Å². The van der Waals surface area contributed by atoms with Gasteiger partial charge in [0.2, 0.25) is 5.91 Å². The van der Waals surface area contributed by atoms with Crippen LogP contribution >= 0.6 is 24.0 Å². The zero-order valence-corrected chi connectivity index (χ0v) is 17.5. The van der Waals surface area contributed by atoms with Gasteiger partial charge < -0.3 is 20.4 Å². The highest BCUT2D eigenvalue weighted by molar-refractivity contribution is 6.30. The molecular formula is C21H24Cl2N4O2. The highest BCUT2D eigenvalue weighted by Crippen LogP contribution is 2.32. The molecular weight excluding hydrogens is 411 g/mol. The van der Waals surface area contributed by atoms with Gasteiger partial charge in [-0.15, -0.1) is 12.4 Å². The first-order valence-corrected chi connectivity index (χ1v) is 9.84. The first-order valence-electron chi connectivity index (χ1n) is 9.46. The number of fused-ring (bicyclic) bond motifs is 1. The second kappa shape index (κ2) is 9.48. The lowest BCUT2D eigenvalue weighted by atomic mass is 10.2. The third kappa shape index (κ3) is 5.21. The number of nitrogens with one attached hydrogen (secondary N) is 1. The van der Waals surface area contributed by atoms with Crippen LogP contribution in [0.3, 0.4) is 0 Å². The molecule has 3 N–H and O–H groups in total. The largest absolute Gasteiger partial charge is 0.486 e. The molecule has 1 unspecified atom stereocenters. The van der Waals surface area contributed by atoms with Crippen molar-refractivity contribution >= 4 is 40.9 Å². The Bertz CT molecular complexity index is 970. The number of nitrogens with zero attached hydrogens (tertiary/aromatic N) is 2. The summed E-state index contributed by atoms with van der Waals surface area (Å²) in [6, 6.07) is 15.0. The van der Waals surface area contributed by atoms with E-state index in [0.717, 1.165) is 23.9 Å². The Labute approximate surface area is 180 Å². The van der Waals surface area contributed by atoms with E-state index in [9.17, 15) is 4.79 Å². The SMILES string of the molecule is Cl.NCC(NC(=O)Cn1c(COc2ccc(Cl)cc2)nc2ccccc21)C1CC1. The van der Waals surface area contributed by atoms with Crippen molar-refractivity contribution in [1.29, 1.82) is 0 Å². The summed E-state index contributed by atoms with van der Waals surface area (Å²) >= 11 is 5.92. The predicted molar refractivity (Wildman–Crippen MR) is 116 cm³/mol. The van der Waals surface area contributed by atoms with Crippen molar-refractivity contribution in [1.82, 2.24) is 14.9 Å². The van der Waals surface area contributed by atoms with Gasteiger partial charge in [0.1, 0.15) is 24.7 Å². The summed E-state index contributed by atoms with van der Waals surface area (Å²) in [5, 5.41) is 3.72. The number of carbonyl (C=O) groups is 1. The van der Waals surface area contributed by atoms with Crippen molar-refractivity contribution in [2.45, 2.75) is 32.0 Å². The zero-order chi connectivity index (χ0) is 19.5. The average Bonchev–Trinajstić information content (AvgIpc) is 3.49. The average molecular weight is 435 g/mol. The fraction of sp³-hybridized carbons (Fsp3) is 0.333. The maximum Gasteiger partial charge on any atom is 0.240 e. The Kier molecular flexibility index (Phi) is 7.00. The number of hydrogen-bond acceptors (Lipinski definition) is 4. The highest BCUT2D eigenvalue weighted by Gasteiger charge is 2.31. The topological polar surface area (TPSA) is 82.2 Å². The fourth-order valence-corrected chi connectivity index (χ4v) is 3.48. The van der Waals surface area contributed by atoms with Gasteiger partial charge in [-0.2, -0.15) is 0 Å². The van der Waals surface area contributed by atoms with Crippen molar-refractivity contribution in [3.05, 3.63) is 59.4 Å². The van der Waals surface area contributed by atoms with Gasteiger partial charge in [0.05, 0.1) is 11.0 Å². The Morgan fingerprint density at radius 3 is 2.66 bits per heavy atom. The van der Waals surface area contributed by atoms with E-state index in [2.05, 4.69) is 10.3 Å². The number of halogens is 2. The lowest BCUT2D eigenvalue weighted by molar-refractivity contribution is -0.122. The second-order valence-corrected chi connectivity index (χ2v) is 7.53. The van der Waals surface area contributed by atoms with E-state index in [4.69, 9.17) is 22.1 Å². The second-order valence-electron chi connectivity index (χ2n) is 7.09. The van der Waals surface area contributed by atoms with Gasteiger partial charge in [0.25, 0.3) is 0 Å². The number of imidazole rings is 1. The van der Waals surface area contributed by atoms with Crippen LogP contribution in [-0.4, -0.2) is 28.0 Å². The number of aromatic nitrogens is 2. The van der Waals surface area contributed by atoms with Gasteiger partial charge in [-0.3, -0.25) is 4.79 Å². The van der Waals surface area contributed by atoms with Crippen molar-refractivity contribution in [3.8, 4) is 5.75 Å². The molecule has 154 valence electrons. The van der Waals surface area contributed by atoms with E-state index >= 15 is 0 Å². The predicted octanol–water partition coefficient (Wildman–Crippen LogP) is 3.54. The molecule has 1 aliphatic rings. The molecule has 8 heteroatoms. The maximum atomic E-state index is 12.6. The number of nitrogens with two attached hydrogens (primary N) is 1. The zero-order valence-electron chi connectivity index (χ0n) is 15.9. The summed E-state index contributed by atoms with van der Waals surface area (Å²) < 4.78 is 7.76. The quantitative estimate of drug-likeness (QED) is 0.567. The molecule has 0 spiro atoms. The number of hydrogen-bond donors (Lipinski definition) is 2. The number of ether oxygens (including phenoxy) is 1. The normalized spacial score (nSPS) is 14.3.